The summed E-state index contributed by atoms with van der Waals surface area (Å²) in [7, 11) is 0. The van der Waals surface area contributed by atoms with Gasteiger partial charge in [0.05, 0.1) is 12.9 Å². The van der Waals surface area contributed by atoms with Crippen molar-refractivity contribution in [2.24, 2.45) is 0 Å². The standard InChI is InChI=1S/C35H30N2/c1-22-24-13-6-7-14-25(24)31(23-11-4-3-5-12-23)21-30(22)34-35-29(19-20-36(34)2)28-17-10-16-27-26-15-8-9-18-32(26)37(35)33(27)28/h6-10,13-21,23H,2-5,11-12H2,1H3. The van der Waals surface area contributed by atoms with E-state index in [9.17, 15) is 0 Å². The molecule has 0 bridgehead atoms. The number of para-hydroxylation sites is 2. The van der Waals surface area contributed by atoms with Crippen LogP contribution in [0.3, 0.4) is 0 Å². The molecule has 1 aliphatic rings. The first-order chi connectivity index (χ1) is 18.2. The molecule has 0 atom stereocenters. The van der Waals surface area contributed by atoms with Gasteiger partial charge in [-0.25, -0.2) is 4.40 Å². The Hall–Kier alpha value is -4.04. The first-order valence-electron chi connectivity index (χ1n) is 13.7. The van der Waals surface area contributed by atoms with Crippen LogP contribution in [0.25, 0.3) is 60.1 Å². The van der Waals surface area contributed by atoms with Crippen molar-refractivity contribution in [1.82, 2.24) is 0 Å². The molecule has 0 aliphatic heterocycles. The summed E-state index contributed by atoms with van der Waals surface area (Å²) in [6.07, 6.45) is 8.77. The lowest BCUT2D eigenvalue weighted by molar-refractivity contribution is -0.497. The van der Waals surface area contributed by atoms with E-state index in [0.717, 1.165) is 0 Å². The Morgan fingerprint density at radius 1 is 0.757 bits per heavy atom. The van der Waals surface area contributed by atoms with Crippen LogP contribution in [-0.4, -0.2) is 0 Å². The van der Waals surface area contributed by atoms with Gasteiger partial charge in [-0.1, -0.05) is 109 Å². The molecule has 2 heteroatoms. The van der Waals surface area contributed by atoms with Gasteiger partial charge in [-0.3, -0.25) is 4.24 Å². The summed E-state index contributed by atoms with van der Waals surface area (Å²) in [5.41, 5.74) is 9.22. The number of hydrogen-bond acceptors (Lipinski definition) is 0. The summed E-state index contributed by atoms with van der Waals surface area (Å²) >= 11 is 0. The molecule has 4 aromatic carbocycles. The van der Waals surface area contributed by atoms with Crippen LogP contribution in [0.1, 0.15) is 49.1 Å². The molecule has 0 unspecified atom stereocenters. The van der Waals surface area contributed by atoms with Crippen LogP contribution < -0.4 is 8.64 Å². The van der Waals surface area contributed by atoms with Crippen molar-refractivity contribution in [3.8, 4) is 11.3 Å². The zero-order valence-corrected chi connectivity index (χ0v) is 21.3. The van der Waals surface area contributed by atoms with Crippen LogP contribution >= 0.6 is 0 Å². The molecular weight excluding hydrogens is 448 g/mol. The maximum atomic E-state index is 4.53. The van der Waals surface area contributed by atoms with Crippen molar-refractivity contribution in [2.75, 3.05) is 0 Å². The summed E-state index contributed by atoms with van der Waals surface area (Å²) in [6.45, 7) is 6.83. The monoisotopic (exact) mass is 478 g/mol. The number of benzene rings is 4. The number of pyridine rings is 1. The highest BCUT2D eigenvalue weighted by molar-refractivity contribution is 6.19. The van der Waals surface area contributed by atoms with Crippen molar-refractivity contribution >= 4 is 48.9 Å². The summed E-state index contributed by atoms with van der Waals surface area (Å²) in [4.78, 5) is 0. The predicted octanol–water partition coefficient (Wildman–Crippen LogP) is 8.15. The lowest BCUT2D eigenvalue weighted by atomic mass is 9.80. The van der Waals surface area contributed by atoms with Gasteiger partial charge >= 0.3 is 0 Å². The molecule has 0 saturated heterocycles. The van der Waals surface area contributed by atoms with E-state index >= 15 is 0 Å². The zero-order valence-electron chi connectivity index (χ0n) is 21.3. The second-order valence-corrected chi connectivity index (χ2v) is 11.0. The van der Waals surface area contributed by atoms with Crippen molar-refractivity contribution in [1.29, 1.82) is 0 Å². The molecule has 0 radical (unpaired) electrons. The number of hydrogen-bond donors (Lipinski definition) is 0. The van der Waals surface area contributed by atoms with E-state index in [1.54, 1.807) is 0 Å². The molecule has 0 spiro atoms. The lowest BCUT2D eigenvalue weighted by Crippen LogP contribution is -2.25. The minimum Gasteiger partial charge on any atom is -0.266 e. The van der Waals surface area contributed by atoms with Gasteiger partial charge in [0.2, 0.25) is 0 Å². The molecule has 1 aliphatic carbocycles. The van der Waals surface area contributed by atoms with Crippen LogP contribution in [0.2, 0.25) is 0 Å². The molecule has 0 amide bonds. The summed E-state index contributed by atoms with van der Waals surface area (Å²) in [5.74, 6) is 0.629. The van der Waals surface area contributed by atoms with E-state index in [1.165, 1.54) is 103 Å². The highest BCUT2D eigenvalue weighted by Gasteiger charge is 2.25. The van der Waals surface area contributed by atoms with Gasteiger partial charge in [0.25, 0.3) is 0 Å². The second kappa shape index (κ2) is 7.73. The molecule has 7 aromatic rings. The Morgan fingerprint density at radius 3 is 2.30 bits per heavy atom. The number of nitrogens with zero attached hydrogens (tertiary/aromatic N) is 2. The van der Waals surface area contributed by atoms with E-state index in [2.05, 4.69) is 107 Å². The molecule has 8 rings (SSSR count). The highest BCUT2D eigenvalue weighted by atomic mass is 14.9. The molecular formula is C35H30N2. The molecule has 3 aromatic heterocycles. The van der Waals surface area contributed by atoms with E-state index in [4.69, 9.17) is 0 Å². The fourth-order valence-corrected chi connectivity index (χ4v) is 7.32. The number of rotatable bonds is 2. The van der Waals surface area contributed by atoms with Crippen LogP contribution in [0, 0.1) is 13.6 Å². The van der Waals surface area contributed by atoms with Gasteiger partial charge in [0.1, 0.15) is 5.52 Å². The van der Waals surface area contributed by atoms with Crippen LogP contribution in [-0.2, 0) is 0 Å². The number of fused-ring (bicyclic) bond motifs is 7. The SMILES string of the molecule is C=[n+]1ccc2c3cccc4c5ccccc5[n+](c43)[c-]2[c-]1-c1cc(C2CCCCC2)c2ccccc2c1C. The van der Waals surface area contributed by atoms with Gasteiger partial charge in [-0.05, 0) is 41.0 Å². The summed E-state index contributed by atoms with van der Waals surface area (Å²) in [6, 6.07) is 29.4. The normalized spacial score (nSPS) is 15.2. The maximum absolute atomic E-state index is 4.53. The van der Waals surface area contributed by atoms with E-state index in [1.807, 2.05) is 0 Å². The van der Waals surface area contributed by atoms with Gasteiger partial charge in [-0.15, -0.1) is 11.6 Å². The lowest BCUT2D eigenvalue weighted by Gasteiger charge is -2.27. The van der Waals surface area contributed by atoms with Crippen molar-refractivity contribution in [3.63, 3.8) is 0 Å². The molecule has 1 saturated carbocycles. The molecule has 1 fully saturated rings. The van der Waals surface area contributed by atoms with Crippen molar-refractivity contribution in [2.45, 2.75) is 44.9 Å². The third-order valence-corrected chi connectivity index (χ3v) is 9.04. The van der Waals surface area contributed by atoms with E-state index in [0.29, 0.717) is 5.92 Å². The van der Waals surface area contributed by atoms with Crippen LogP contribution in [0.5, 0.6) is 0 Å². The Kier molecular flexibility index (Phi) is 4.40. The fourth-order valence-electron chi connectivity index (χ4n) is 7.32. The van der Waals surface area contributed by atoms with E-state index in [-0.39, 0.29) is 0 Å². The average Bonchev–Trinajstić information content (AvgIpc) is 3.46. The topological polar surface area (TPSA) is 10.0 Å². The Morgan fingerprint density at radius 2 is 1.46 bits per heavy atom. The van der Waals surface area contributed by atoms with Gasteiger partial charge < -0.3 is 0 Å². The second-order valence-electron chi connectivity index (χ2n) is 11.0. The molecule has 0 N–H and O–H groups in total. The maximum Gasteiger partial charge on any atom is 0.166 e. The quantitative estimate of drug-likeness (QED) is 0.175. The zero-order chi connectivity index (χ0) is 24.7. The van der Waals surface area contributed by atoms with Gasteiger partial charge in [0.15, 0.2) is 16.7 Å². The molecule has 180 valence electrons. The van der Waals surface area contributed by atoms with E-state index < -0.39 is 0 Å². The fraction of sp³-hybridized carbons (Fsp3) is 0.200. The Labute approximate surface area is 216 Å². The van der Waals surface area contributed by atoms with Crippen LogP contribution in [0.4, 0.5) is 0 Å². The largest absolute Gasteiger partial charge is 0.266 e. The first kappa shape index (κ1) is 21.1. The minimum absolute atomic E-state index is 0.629. The summed E-state index contributed by atoms with van der Waals surface area (Å²) < 4.78 is 4.61. The minimum atomic E-state index is 0.629. The number of aryl methyl sites for hydroxylation is 1. The average molecular weight is 479 g/mol. The van der Waals surface area contributed by atoms with Gasteiger partial charge in [-0.2, -0.15) is 0 Å². The van der Waals surface area contributed by atoms with Crippen LogP contribution in [0.15, 0.2) is 85.1 Å². The third kappa shape index (κ3) is 2.81. The number of aromatic nitrogens is 2. The highest BCUT2D eigenvalue weighted by Crippen LogP contribution is 2.42. The predicted molar refractivity (Wildman–Crippen MR) is 153 cm³/mol. The van der Waals surface area contributed by atoms with Gasteiger partial charge in [0, 0.05) is 10.8 Å². The summed E-state index contributed by atoms with van der Waals surface area (Å²) in [5, 5.41) is 8.05. The smallest absolute Gasteiger partial charge is 0.166 e. The first-order valence-corrected chi connectivity index (χ1v) is 13.7. The van der Waals surface area contributed by atoms with Crippen molar-refractivity contribution in [3.05, 3.63) is 103 Å². The molecule has 2 nitrogen and oxygen atoms in total. The van der Waals surface area contributed by atoms with Crippen molar-refractivity contribution < 1.29 is 8.64 Å². The third-order valence-electron chi connectivity index (χ3n) is 9.04. The Bertz CT molecular complexity index is 2050. The Balaban J connectivity index is 1.56. The molecule has 3 heterocycles. The molecule has 37 heavy (non-hydrogen) atoms.